The molecule has 1 N–H and O–H groups in total. The molecule has 0 aromatic heterocycles. The summed E-state index contributed by atoms with van der Waals surface area (Å²) in [7, 11) is 0. The van der Waals surface area contributed by atoms with Crippen LogP contribution in [0, 0.1) is 0 Å². The van der Waals surface area contributed by atoms with E-state index in [1.54, 1.807) is 18.3 Å². The minimum absolute atomic E-state index is 0. The van der Waals surface area contributed by atoms with Crippen LogP contribution in [0.1, 0.15) is 30.5 Å². The van der Waals surface area contributed by atoms with E-state index in [0.29, 0.717) is 5.56 Å². The molecule has 4 rings (SSSR count). The molecule has 1 unspecified atom stereocenters. The van der Waals surface area contributed by atoms with Gasteiger partial charge in [0.05, 0.1) is 6.21 Å². The second-order valence-corrected chi connectivity index (χ2v) is 8.44. The van der Waals surface area contributed by atoms with E-state index in [1.165, 1.54) is 11.1 Å². The normalized spacial score (nSPS) is 19.1. The minimum atomic E-state index is -0.283. The van der Waals surface area contributed by atoms with E-state index in [9.17, 15) is 5.11 Å². The molecule has 0 spiro atoms. The van der Waals surface area contributed by atoms with Gasteiger partial charge in [0.2, 0.25) is 5.90 Å². The van der Waals surface area contributed by atoms with Crippen LogP contribution in [-0.4, -0.2) is 23.8 Å². The summed E-state index contributed by atoms with van der Waals surface area (Å²) in [6, 6.07) is 25.7. The minimum Gasteiger partial charge on any atom is -0.492 e. The van der Waals surface area contributed by atoms with Gasteiger partial charge in [0, 0.05) is 50.7 Å². The number of aliphatic hydroxyl groups is 1. The molecule has 1 radical (unpaired) electrons. The molecule has 0 fully saturated rings. The maximum Gasteiger partial charge on any atom is 0.238 e. The Balaban J connectivity index is 0.00000306. The number of rotatable bonds is 6. The molecule has 0 amide bonds. The molecule has 1 aliphatic rings. The molecule has 33 heavy (non-hydrogen) atoms. The van der Waals surface area contributed by atoms with Crippen molar-refractivity contribution in [2.45, 2.75) is 25.7 Å². The van der Waals surface area contributed by atoms with Crippen LogP contribution < -0.4 is 4.90 Å². The molecule has 6 heteroatoms. The van der Waals surface area contributed by atoms with Crippen molar-refractivity contribution >= 4 is 29.4 Å². The van der Waals surface area contributed by atoms with Gasteiger partial charge in [-0.2, -0.15) is 5.10 Å². The number of aliphatic hydroxyl groups excluding tert-OH is 1. The fraction of sp³-hybridized carbons (Fsp3) is 0.185. The first kappa shape index (κ1) is 24.8. The molecule has 1 aliphatic heterocycles. The number of nitrogens with zero attached hydrogens (tertiary/aromatic N) is 3. The zero-order valence-corrected chi connectivity index (χ0v) is 20.4. The van der Waals surface area contributed by atoms with Gasteiger partial charge < -0.3 is 10.0 Å². The van der Waals surface area contributed by atoms with E-state index in [-0.39, 0.29) is 28.1 Å². The van der Waals surface area contributed by atoms with Crippen molar-refractivity contribution in [2.24, 2.45) is 10.2 Å². The van der Waals surface area contributed by atoms with Crippen molar-refractivity contribution < 1.29 is 21.9 Å². The number of hydrogen-bond acceptors (Lipinski definition) is 3. The van der Waals surface area contributed by atoms with Crippen LogP contribution in [0.25, 0.3) is 0 Å². The van der Waals surface area contributed by atoms with Gasteiger partial charge in [0.15, 0.2) is 0 Å². The van der Waals surface area contributed by atoms with Gasteiger partial charge in [-0.1, -0.05) is 60.1 Å². The molecule has 0 saturated carbocycles. The summed E-state index contributed by atoms with van der Waals surface area (Å²) in [5.41, 5.74) is 5.08. The number of benzene rings is 3. The molecule has 3 aromatic rings. The number of fused-ring (bicyclic) bond motifs is 1. The van der Waals surface area contributed by atoms with Crippen molar-refractivity contribution in [3.63, 3.8) is 0 Å². The van der Waals surface area contributed by atoms with Crippen LogP contribution in [0.3, 0.4) is 0 Å². The summed E-state index contributed by atoms with van der Waals surface area (Å²) in [5, 5.41) is 19.0. The van der Waals surface area contributed by atoms with E-state index in [0.717, 1.165) is 29.4 Å². The van der Waals surface area contributed by atoms with Gasteiger partial charge >= 0.3 is 0 Å². The average Bonchev–Trinajstić information content (AvgIpc) is 3.04. The predicted octanol–water partition coefficient (Wildman–Crippen LogP) is 6.55. The van der Waals surface area contributed by atoms with Crippen molar-refractivity contribution in [1.29, 1.82) is 0 Å². The maximum absolute atomic E-state index is 10.2. The van der Waals surface area contributed by atoms with E-state index in [2.05, 4.69) is 65.3 Å². The standard InChI is InChI=1S/C27H26ClN3O.Co/c1-3-31-24-15-14-22(28)18-23(24)27(2,19-20-10-6-4-7-11-20)25(31)16-17-29-30-26(32)21-12-8-5-9-13-21;/h4-18H,3,19H2,1-2H3,(H,30,32);/b25-16-,29-17+;. The molecule has 1 atom stereocenters. The predicted molar refractivity (Wildman–Crippen MR) is 134 cm³/mol. The first-order valence-electron chi connectivity index (χ1n) is 10.7. The Labute approximate surface area is 210 Å². The second-order valence-electron chi connectivity index (χ2n) is 8.01. The van der Waals surface area contributed by atoms with Crippen LogP contribution in [0.5, 0.6) is 0 Å². The summed E-state index contributed by atoms with van der Waals surface area (Å²) >= 11 is 6.40. The largest absolute Gasteiger partial charge is 0.492 e. The SMILES string of the molecule is CCN1\C(=C/C=N/N=C(\O)c2ccccc2)C(C)(Cc2ccccc2)c2cc(Cl)ccc21.[Co]. The Morgan fingerprint density at radius 3 is 2.36 bits per heavy atom. The van der Waals surface area contributed by atoms with Crippen molar-refractivity contribution in [1.82, 2.24) is 0 Å². The Morgan fingerprint density at radius 1 is 1.03 bits per heavy atom. The third-order valence-corrected chi connectivity index (χ3v) is 6.14. The van der Waals surface area contributed by atoms with E-state index < -0.39 is 0 Å². The van der Waals surface area contributed by atoms with Gasteiger partial charge in [0.1, 0.15) is 0 Å². The van der Waals surface area contributed by atoms with Crippen LogP contribution >= 0.6 is 11.6 Å². The Hall–Kier alpha value is -2.86. The quantitative estimate of drug-likeness (QED) is 0.236. The molecule has 0 aliphatic carbocycles. The summed E-state index contributed by atoms with van der Waals surface area (Å²) < 4.78 is 0. The maximum atomic E-state index is 10.2. The van der Waals surface area contributed by atoms with Crippen molar-refractivity contribution in [3.05, 3.63) is 112 Å². The third kappa shape index (κ3) is 5.22. The molecule has 1 heterocycles. The van der Waals surface area contributed by atoms with Crippen LogP contribution in [0.15, 0.2) is 101 Å². The Bertz CT molecular complexity index is 1180. The van der Waals surface area contributed by atoms with E-state index in [4.69, 9.17) is 11.6 Å². The summed E-state index contributed by atoms with van der Waals surface area (Å²) in [6.07, 6.45) is 4.46. The smallest absolute Gasteiger partial charge is 0.238 e. The first-order chi connectivity index (χ1) is 15.5. The van der Waals surface area contributed by atoms with Crippen LogP contribution in [0.2, 0.25) is 5.02 Å². The van der Waals surface area contributed by atoms with Crippen LogP contribution in [-0.2, 0) is 28.6 Å². The van der Waals surface area contributed by atoms with E-state index in [1.807, 2.05) is 36.4 Å². The van der Waals surface area contributed by atoms with Crippen molar-refractivity contribution in [3.8, 4) is 0 Å². The zero-order chi connectivity index (χ0) is 22.6. The molecule has 4 nitrogen and oxygen atoms in total. The Morgan fingerprint density at radius 2 is 1.70 bits per heavy atom. The average molecular weight is 503 g/mol. The fourth-order valence-corrected chi connectivity index (χ4v) is 4.56. The molecular formula is C27H26ClCoN3O. The van der Waals surface area contributed by atoms with Gasteiger partial charge in [-0.25, -0.2) is 0 Å². The Kier molecular flexibility index (Phi) is 8.13. The molecule has 0 saturated heterocycles. The molecule has 3 aromatic carbocycles. The number of halogens is 1. The number of likely N-dealkylation sites (N-methyl/N-ethyl adjacent to an activating group) is 1. The summed E-state index contributed by atoms with van der Waals surface area (Å²) in [4.78, 5) is 2.29. The number of anilines is 1. The second kappa shape index (κ2) is 10.8. The number of allylic oxidation sites excluding steroid dienone is 2. The van der Waals surface area contributed by atoms with Crippen LogP contribution in [0.4, 0.5) is 5.69 Å². The summed E-state index contributed by atoms with van der Waals surface area (Å²) in [6.45, 7) is 5.20. The fourth-order valence-electron chi connectivity index (χ4n) is 4.39. The third-order valence-electron chi connectivity index (χ3n) is 5.90. The molecule has 171 valence electrons. The molecular weight excluding hydrogens is 477 g/mol. The topological polar surface area (TPSA) is 48.2 Å². The summed E-state index contributed by atoms with van der Waals surface area (Å²) in [5.74, 6) is -0.110. The van der Waals surface area contributed by atoms with Gasteiger partial charge in [-0.15, -0.1) is 5.10 Å². The van der Waals surface area contributed by atoms with Gasteiger partial charge in [0.25, 0.3) is 0 Å². The van der Waals surface area contributed by atoms with Crippen molar-refractivity contribution in [2.75, 3.05) is 11.4 Å². The van der Waals surface area contributed by atoms with Gasteiger partial charge in [-0.05, 0) is 67.8 Å². The number of hydrogen-bond donors (Lipinski definition) is 1. The van der Waals surface area contributed by atoms with E-state index >= 15 is 0 Å². The van der Waals surface area contributed by atoms with Gasteiger partial charge in [-0.3, -0.25) is 0 Å². The molecule has 0 bridgehead atoms. The first-order valence-corrected chi connectivity index (χ1v) is 11.1. The zero-order valence-electron chi connectivity index (χ0n) is 18.6. The monoisotopic (exact) mass is 502 g/mol.